The molecular weight excluding hydrogens is 715 g/mol. The van der Waals surface area contributed by atoms with Gasteiger partial charge in [-0.3, -0.25) is 44.3 Å². The summed E-state index contributed by atoms with van der Waals surface area (Å²) in [5.41, 5.74) is 0.553. The molecule has 0 saturated carbocycles. The minimum atomic E-state index is -5.74. The van der Waals surface area contributed by atoms with Crippen LogP contribution in [-0.4, -0.2) is 95.5 Å². The molecule has 28 nitrogen and oxygen atoms in total. The molecule has 2 aromatic heterocycles. The van der Waals surface area contributed by atoms with Gasteiger partial charge in [0.05, 0.1) is 34.9 Å². The number of nitro groups is 2. The Morgan fingerprint density at radius 2 is 1.68 bits per heavy atom. The summed E-state index contributed by atoms with van der Waals surface area (Å²) in [6.07, 6.45) is -5.24. The van der Waals surface area contributed by atoms with Crippen molar-refractivity contribution in [2.24, 2.45) is 0 Å². The van der Waals surface area contributed by atoms with Crippen LogP contribution in [-0.2, 0) is 36.7 Å². The lowest BCUT2D eigenvalue weighted by molar-refractivity contribution is -0.725. The second-order valence-electron chi connectivity index (χ2n) is 9.40. The first-order valence-corrected chi connectivity index (χ1v) is 16.7. The quantitative estimate of drug-likeness (QED) is 0.0417. The number of imidazole rings is 1. The molecule has 1 aliphatic carbocycles. The lowest BCUT2D eigenvalue weighted by Crippen LogP contribution is -2.46. The highest BCUT2D eigenvalue weighted by Gasteiger charge is 2.70. The summed E-state index contributed by atoms with van der Waals surface area (Å²) in [5, 5.41) is 45.0. The number of nitrogens with one attached hydrogen (secondary N) is 2. The van der Waals surface area contributed by atoms with Gasteiger partial charge in [0.2, 0.25) is 5.95 Å². The SMILES string of the molecule is Nc1nc2c(ncn2[C@@H]2O[C@H](COP(=O)(O)OP(=O)(O)NP(=O)(O)O)[C@H]3OC4(O[C@H]32)C([N+](=O)[O-])=CC(=[N+]([O-])O)C=C4[N+](=O)[O-])c(=O)[nH]1. The van der Waals surface area contributed by atoms with Gasteiger partial charge >= 0.3 is 40.5 Å². The average molecular weight is 733 g/mol. The highest BCUT2D eigenvalue weighted by atomic mass is 31.3. The van der Waals surface area contributed by atoms with E-state index in [4.69, 9.17) is 29.7 Å². The monoisotopic (exact) mass is 733 g/mol. The minimum Gasteiger partial charge on any atom is -0.417 e. The number of nitrogen functional groups attached to an aromatic ring is 1. The van der Waals surface area contributed by atoms with Gasteiger partial charge in [0.1, 0.15) is 18.3 Å². The van der Waals surface area contributed by atoms with Crippen molar-refractivity contribution in [1.29, 1.82) is 0 Å². The molecule has 2 fully saturated rings. The maximum atomic E-state index is 12.4. The molecule has 2 aliphatic heterocycles. The standard InChI is InChI=1S/C16H18N9O19P3/c17-15-19-12-9(13(26)20-15)18-4-22(12)14-11-10(6(41-14)3-40-47(38,39)44-46(36,37)21-45(33,34)35)42-16(43-11)7(24(29)30)1-5(23(27)28)2-8(16)25(31)32/h1-2,4,6,10-11,14H,3H2,(H,27,28)(H,38,39)(H3,17,19,20,26)(H4,21,33,34,35,36,37)/t6-,10-,11-,14-/m1/s1. The molecule has 5 rings (SSSR count). The second-order valence-corrected chi connectivity index (χ2v) is 14.2. The number of fused-ring (bicyclic) bond motifs is 2. The molecule has 31 heteroatoms. The van der Waals surface area contributed by atoms with Gasteiger partial charge in [0, 0.05) is 4.90 Å². The van der Waals surface area contributed by atoms with Crippen LogP contribution in [0.15, 0.2) is 34.7 Å². The number of nitrogens with two attached hydrogens (primary N) is 1. The maximum Gasteiger partial charge on any atom is 0.480 e. The smallest absolute Gasteiger partial charge is 0.417 e. The van der Waals surface area contributed by atoms with E-state index in [-0.39, 0.29) is 11.2 Å². The number of aromatic amines is 1. The predicted octanol–water partition coefficient (Wildman–Crippen LogP) is -2.33. The maximum absolute atomic E-state index is 12.4. The Morgan fingerprint density at radius 3 is 2.23 bits per heavy atom. The number of nitrogens with zero attached hydrogens (tertiary/aromatic N) is 6. The minimum absolute atomic E-state index is 0.293. The van der Waals surface area contributed by atoms with Crippen molar-refractivity contribution in [3.05, 3.63) is 65.7 Å². The van der Waals surface area contributed by atoms with Crippen LogP contribution in [0, 0.1) is 25.4 Å². The molecule has 0 aromatic carbocycles. The molecule has 2 aromatic rings. The van der Waals surface area contributed by atoms with Crippen LogP contribution in [0.3, 0.4) is 0 Å². The highest BCUT2D eigenvalue weighted by molar-refractivity contribution is 7.70. The molecule has 47 heavy (non-hydrogen) atoms. The van der Waals surface area contributed by atoms with E-state index in [2.05, 4.69) is 23.8 Å². The van der Waals surface area contributed by atoms with Gasteiger partial charge in [-0.15, -0.1) is 4.86 Å². The summed E-state index contributed by atoms with van der Waals surface area (Å²) in [5.74, 6) is -3.50. The molecule has 1 spiro atoms. The van der Waals surface area contributed by atoms with E-state index in [1.807, 2.05) is 0 Å². The number of rotatable bonds is 10. The molecule has 4 heterocycles. The number of ether oxygens (including phenoxy) is 3. The summed E-state index contributed by atoms with van der Waals surface area (Å²) < 4.78 is 62.1. The van der Waals surface area contributed by atoms with E-state index in [0.717, 1.165) is 15.8 Å². The molecule has 6 atom stereocenters. The third kappa shape index (κ3) is 6.58. The lowest BCUT2D eigenvalue weighted by Gasteiger charge is -2.27. The van der Waals surface area contributed by atoms with Crippen molar-refractivity contribution in [2.45, 2.75) is 30.3 Å². The zero-order valence-corrected chi connectivity index (χ0v) is 25.0. The van der Waals surface area contributed by atoms with Gasteiger partial charge in [-0.2, -0.15) is 9.29 Å². The Kier molecular flexibility index (Phi) is 8.47. The van der Waals surface area contributed by atoms with E-state index in [0.29, 0.717) is 12.2 Å². The first-order valence-electron chi connectivity index (χ1n) is 12.0. The summed E-state index contributed by atoms with van der Waals surface area (Å²) in [4.78, 5) is 81.0. The van der Waals surface area contributed by atoms with E-state index in [1.165, 1.54) is 0 Å². The Labute approximate surface area is 255 Å². The number of aromatic nitrogens is 4. The van der Waals surface area contributed by atoms with E-state index >= 15 is 0 Å². The molecular formula is C16H18N9O19P3. The van der Waals surface area contributed by atoms with Gasteiger partial charge in [-0.25, -0.2) is 18.7 Å². The average Bonchev–Trinajstić information content (AvgIpc) is 3.57. The fourth-order valence-electron chi connectivity index (χ4n) is 4.73. The van der Waals surface area contributed by atoms with Crippen molar-refractivity contribution in [1.82, 2.24) is 24.4 Å². The number of hydrogen-bond acceptors (Lipinski definition) is 18. The Balaban J connectivity index is 1.56. The number of hydrogen-bond donors (Lipinski definition) is 8. The van der Waals surface area contributed by atoms with E-state index in [9.17, 15) is 58.9 Å². The molecule has 2 unspecified atom stereocenters. The van der Waals surface area contributed by atoms with Gasteiger partial charge in [-0.05, 0) is 0 Å². The summed E-state index contributed by atoms with van der Waals surface area (Å²) in [7, 11) is -16.9. The normalized spacial score (nSPS) is 28.4. The third-order valence-corrected chi connectivity index (χ3v) is 10.6. The molecule has 0 amide bonds. The zero-order chi connectivity index (χ0) is 34.9. The number of phosphoric ester groups is 1. The molecule has 2 saturated heterocycles. The Morgan fingerprint density at radius 1 is 1.09 bits per heavy atom. The first-order chi connectivity index (χ1) is 21.6. The number of anilines is 1. The molecule has 0 radical (unpaired) electrons. The number of H-pyrrole nitrogens is 1. The topological polar surface area (TPSA) is 412 Å². The van der Waals surface area contributed by atoms with Gasteiger partial charge in [0.25, 0.3) is 11.3 Å². The van der Waals surface area contributed by atoms with Crippen molar-refractivity contribution < 1.29 is 76.3 Å². The largest absolute Gasteiger partial charge is 0.480 e. The molecule has 0 bridgehead atoms. The van der Waals surface area contributed by atoms with Crippen LogP contribution in [0.25, 0.3) is 11.2 Å². The van der Waals surface area contributed by atoms with Crippen molar-refractivity contribution in [3.63, 3.8) is 0 Å². The zero-order valence-electron chi connectivity index (χ0n) is 22.3. The van der Waals surface area contributed by atoms with Gasteiger partial charge in [-0.1, -0.05) is 0 Å². The molecule has 3 aliphatic rings. The van der Waals surface area contributed by atoms with Crippen LogP contribution in [0.4, 0.5) is 5.95 Å². The molecule has 9 N–H and O–H groups in total. The van der Waals surface area contributed by atoms with Crippen LogP contribution in [0.2, 0.25) is 0 Å². The van der Waals surface area contributed by atoms with Crippen LogP contribution >= 0.6 is 23.3 Å². The van der Waals surface area contributed by atoms with E-state index < -0.39 is 104 Å². The number of allylic oxidation sites excluding steroid dienone is 2. The Hall–Kier alpha value is -4.01. The van der Waals surface area contributed by atoms with Gasteiger partial charge in [0.15, 0.2) is 17.4 Å². The van der Waals surface area contributed by atoms with Crippen molar-refractivity contribution >= 4 is 46.1 Å². The van der Waals surface area contributed by atoms with E-state index in [1.54, 1.807) is 0 Å². The summed E-state index contributed by atoms with van der Waals surface area (Å²) in [6.45, 7) is -1.22. The summed E-state index contributed by atoms with van der Waals surface area (Å²) >= 11 is 0. The third-order valence-electron chi connectivity index (χ3n) is 6.34. The molecule has 256 valence electrons. The fraction of sp³-hybridized carbons (Fsp3) is 0.375. The lowest BCUT2D eigenvalue weighted by atomic mass is 10.0. The van der Waals surface area contributed by atoms with Crippen LogP contribution in [0.5, 0.6) is 0 Å². The second kappa shape index (κ2) is 11.6. The van der Waals surface area contributed by atoms with Crippen molar-refractivity contribution in [2.75, 3.05) is 12.3 Å². The fourth-order valence-corrected chi connectivity index (χ4v) is 8.16. The van der Waals surface area contributed by atoms with Crippen molar-refractivity contribution in [3.8, 4) is 0 Å². The van der Waals surface area contributed by atoms with Gasteiger partial charge < -0.3 is 44.7 Å². The predicted molar refractivity (Wildman–Crippen MR) is 141 cm³/mol. The summed E-state index contributed by atoms with van der Waals surface area (Å²) in [6, 6.07) is 0. The van der Waals surface area contributed by atoms with Crippen LogP contribution in [0.1, 0.15) is 6.23 Å². The Bertz CT molecular complexity index is 1950. The highest BCUT2D eigenvalue weighted by Crippen LogP contribution is 2.61. The van der Waals surface area contributed by atoms with Crippen LogP contribution < -0.4 is 16.2 Å². The number of phosphoric acid groups is 1. The first kappa shape index (κ1) is 34.3.